The Kier molecular flexibility index (Phi) is 7.87. The molecule has 0 aromatic heterocycles. The first-order valence-electron chi connectivity index (χ1n) is 10.5. The highest BCUT2D eigenvalue weighted by Gasteiger charge is 2.57. The quantitative estimate of drug-likeness (QED) is 0.352. The molecule has 2 aliphatic heterocycles. The van der Waals surface area contributed by atoms with E-state index in [1.165, 1.54) is 11.0 Å². The lowest BCUT2D eigenvalue weighted by Crippen LogP contribution is -2.71. The van der Waals surface area contributed by atoms with Gasteiger partial charge in [-0.3, -0.25) is 14.5 Å². The summed E-state index contributed by atoms with van der Waals surface area (Å²) in [6, 6.07) is -1.06. The van der Waals surface area contributed by atoms with E-state index in [2.05, 4.69) is 45.8 Å². The Morgan fingerprint density at radius 3 is 2.53 bits per heavy atom. The Hall–Kier alpha value is -1.71. The number of ketones is 1. The van der Waals surface area contributed by atoms with Crippen LogP contribution in [-0.2, 0) is 23.5 Å². The normalized spacial score (nSPS) is 26.4. The summed E-state index contributed by atoms with van der Waals surface area (Å²) in [7, 11) is -1.45. The maximum atomic E-state index is 13.1. The van der Waals surface area contributed by atoms with E-state index in [4.69, 9.17) is 13.9 Å². The number of hydrogen-bond acceptors (Lipinski definition) is 6. The predicted molar refractivity (Wildman–Crippen MR) is 116 cm³/mol. The number of amides is 2. The van der Waals surface area contributed by atoms with Crippen LogP contribution in [0.2, 0.25) is 13.1 Å². The van der Waals surface area contributed by atoms with Crippen molar-refractivity contribution < 1.29 is 28.3 Å². The molecular formula is C21H36N2O6Si. The van der Waals surface area contributed by atoms with E-state index in [9.17, 15) is 14.4 Å². The first-order chi connectivity index (χ1) is 13.9. The summed E-state index contributed by atoms with van der Waals surface area (Å²) in [5, 5.41) is 2.88. The summed E-state index contributed by atoms with van der Waals surface area (Å²) in [6.07, 6.45) is 1.04. The molecule has 0 spiro atoms. The molecule has 0 aromatic carbocycles. The van der Waals surface area contributed by atoms with Gasteiger partial charge in [-0.1, -0.05) is 33.4 Å². The lowest BCUT2D eigenvalue weighted by molar-refractivity contribution is -0.160. The average molecular weight is 441 g/mol. The Bertz CT molecular complexity index is 677. The molecule has 1 N–H and O–H groups in total. The highest BCUT2D eigenvalue weighted by molar-refractivity contribution is 6.48. The van der Waals surface area contributed by atoms with E-state index in [0.717, 1.165) is 0 Å². The number of nitrogens with zero attached hydrogens (tertiary/aromatic N) is 1. The Morgan fingerprint density at radius 1 is 1.33 bits per heavy atom. The molecule has 4 atom stereocenters. The van der Waals surface area contributed by atoms with Gasteiger partial charge in [0.1, 0.15) is 12.6 Å². The average Bonchev–Trinajstić information content (AvgIpc) is 2.63. The largest absolute Gasteiger partial charge is 0.445 e. The number of rotatable bonds is 8. The zero-order chi connectivity index (χ0) is 22.7. The second-order valence-electron chi connectivity index (χ2n) is 9.44. The van der Waals surface area contributed by atoms with Gasteiger partial charge in [-0.2, -0.15) is 0 Å². The van der Waals surface area contributed by atoms with Crippen LogP contribution >= 0.6 is 0 Å². The van der Waals surface area contributed by atoms with Crippen LogP contribution in [0.3, 0.4) is 0 Å². The van der Waals surface area contributed by atoms with Crippen LogP contribution in [0.1, 0.15) is 34.1 Å². The minimum absolute atomic E-state index is 0.0816. The van der Waals surface area contributed by atoms with E-state index in [1.54, 1.807) is 0 Å². The third kappa shape index (κ3) is 5.12. The fraction of sp³-hybridized carbons (Fsp3) is 0.762. The fourth-order valence-corrected chi connectivity index (χ4v) is 5.59. The number of β-lactam (4-membered cyclic amide) rings is 1. The van der Waals surface area contributed by atoms with Crippen LogP contribution in [0.25, 0.3) is 0 Å². The number of hydrogen-bond donors (Lipinski definition) is 1. The van der Waals surface area contributed by atoms with Gasteiger partial charge in [0.2, 0.25) is 5.91 Å². The van der Waals surface area contributed by atoms with E-state index >= 15 is 0 Å². The van der Waals surface area contributed by atoms with Gasteiger partial charge in [-0.15, -0.1) is 0 Å². The maximum Gasteiger partial charge on any atom is 0.410 e. The van der Waals surface area contributed by atoms with Crippen molar-refractivity contribution in [3.8, 4) is 0 Å². The predicted octanol–water partition coefficient (Wildman–Crippen LogP) is 1.89. The summed E-state index contributed by atoms with van der Waals surface area (Å²) < 4.78 is 16.9. The van der Waals surface area contributed by atoms with Crippen LogP contribution in [0.5, 0.6) is 0 Å². The van der Waals surface area contributed by atoms with Gasteiger partial charge in [0.05, 0.1) is 30.8 Å². The van der Waals surface area contributed by atoms with E-state index in [-0.39, 0.29) is 49.3 Å². The van der Waals surface area contributed by atoms with Crippen molar-refractivity contribution in [2.24, 2.45) is 11.3 Å². The molecule has 2 amide bonds. The zero-order valence-corrected chi connectivity index (χ0v) is 20.2. The lowest BCUT2D eigenvalue weighted by Gasteiger charge is -2.54. The minimum atomic E-state index is -1.45. The minimum Gasteiger partial charge on any atom is -0.445 e. The van der Waals surface area contributed by atoms with Gasteiger partial charge in [0, 0.05) is 13.0 Å². The molecule has 2 heterocycles. The molecule has 8 nitrogen and oxygen atoms in total. The number of carbonyl (C=O) groups excluding carboxylic acids is 3. The summed E-state index contributed by atoms with van der Waals surface area (Å²) in [6.45, 7) is 16.7. The molecule has 0 aromatic rings. The smallest absolute Gasteiger partial charge is 0.410 e. The van der Waals surface area contributed by atoms with Gasteiger partial charge < -0.3 is 19.2 Å². The first-order valence-corrected chi connectivity index (χ1v) is 13.3. The monoisotopic (exact) mass is 440 g/mol. The number of ether oxygens (including phenoxy) is 2. The molecule has 2 saturated heterocycles. The van der Waals surface area contributed by atoms with Crippen molar-refractivity contribution in [2.45, 2.75) is 64.9 Å². The van der Waals surface area contributed by atoms with Crippen LogP contribution < -0.4 is 5.32 Å². The highest BCUT2D eigenvalue weighted by Crippen LogP contribution is 2.45. The summed E-state index contributed by atoms with van der Waals surface area (Å²) in [5.74, 6) is -0.678. The third-order valence-corrected chi connectivity index (χ3v) is 7.02. The number of nitrogens with one attached hydrogen (secondary N) is 1. The first kappa shape index (κ1) is 24.6. The molecule has 0 radical (unpaired) electrons. The number of morpholine rings is 1. The van der Waals surface area contributed by atoms with Gasteiger partial charge in [0.25, 0.3) is 0 Å². The lowest BCUT2D eigenvalue weighted by atomic mass is 9.63. The molecule has 170 valence electrons. The summed E-state index contributed by atoms with van der Waals surface area (Å²) in [5.41, 5.74) is -0.977. The molecule has 0 aliphatic carbocycles. The van der Waals surface area contributed by atoms with Crippen LogP contribution in [0, 0.1) is 11.3 Å². The fourth-order valence-electron chi connectivity index (χ4n) is 4.11. The molecule has 0 bridgehead atoms. The SMILES string of the molecule is C=CCOC(=O)N1CCOC[C@H]1C(=O)C[C@H]1NC(=O)[C@@H]1[C@@](C)(O[SiH](C)C)C(C)(C)C. The Balaban J connectivity index is 2.15. The number of carbonyl (C=O) groups is 3. The Labute approximate surface area is 181 Å². The van der Waals surface area contributed by atoms with Crippen LogP contribution in [0.15, 0.2) is 12.7 Å². The molecule has 2 aliphatic rings. The Morgan fingerprint density at radius 2 is 2.00 bits per heavy atom. The number of Topliss-reactive ketones (excluding diaryl/α,β-unsaturated/α-hetero) is 1. The van der Waals surface area contributed by atoms with Crippen molar-refractivity contribution in [1.82, 2.24) is 10.2 Å². The second kappa shape index (κ2) is 9.61. The second-order valence-corrected chi connectivity index (χ2v) is 11.8. The van der Waals surface area contributed by atoms with E-state index in [1.807, 2.05) is 6.92 Å². The van der Waals surface area contributed by atoms with Crippen molar-refractivity contribution in [2.75, 3.05) is 26.4 Å². The van der Waals surface area contributed by atoms with Gasteiger partial charge in [0.15, 0.2) is 14.8 Å². The summed E-state index contributed by atoms with van der Waals surface area (Å²) in [4.78, 5) is 39.4. The van der Waals surface area contributed by atoms with Gasteiger partial charge in [-0.25, -0.2) is 4.79 Å². The molecule has 2 rings (SSSR count). The standard InChI is InChI=1S/C21H36N2O6Si/c1-8-10-28-19(26)23-9-11-27-13-15(23)16(24)12-14-17(18(25)22-14)21(5,20(2,3)4)29-30(6)7/h8,14-15,17,30H,1,9-13H2,2-7H3,(H,22,25)/t14-,15+,17-,21-/m1/s1. The summed E-state index contributed by atoms with van der Waals surface area (Å²) >= 11 is 0. The van der Waals surface area contributed by atoms with E-state index < -0.39 is 32.7 Å². The van der Waals surface area contributed by atoms with Crippen LogP contribution in [-0.4, -0.2) is 75.8 Å². The van der Waals surface area contributed by atoms with Crippen molar-refractivity contribution >= 4 is 26.8 Å². The zero-order valence-electron chi connectivity index (χ0n) is 19.0. The maximum absolute atomic E-state index is 13.1. The topological polar surface area (TPSA) is 94.2 Å². The molecule has 2 fully saturated rings. The molecule has 30 heavy (non-hydrogen) atoms. The van der Waals surface area contributed by atoms with Crippen molar-refractivity contribution in [1.29, 1.82) is 0 Å². The van der Waals surface area contributed by atoms with Gasteiger partial charge in [-0.05, 0) is 25.4 Å². The highest BCUT2D eigenvalue weighted by atomic mass is 28.3. The van der Waals surface area contributed by atoms with Crippen molar-refractivity contribution in [3.63, 3.8) is 0 Å². The van der Waals surface area contributed by atoms with Crippen molar-refractivity contribution in [3.05, 3.63) is 12.7 Å². The molecular weight excluding hydrogens is 404 g/mol. The molecule has 0 unspecified atom stereocenters. The molecule has 9 heteroatoms. The molecule has 0 saturated carbocycles. The van der Waals surface area contributed by atoms with E-state index in [0.29, 0.717) is 6.61 Å². The third-order valence-electron chi connectivity index (χ3n) is 6.06. The van der Waals surface area contributed by atoms with Gasteiger partial charge >= 0.3 is 6.09 Å². The van der Waals surface area contributed by atoms with Crippen LogP contribution in [0.4, 0.5) is 4.79 Å².